The van der Waals surface area contributed by atoms with E-state index in [0.717, 1.165) is 9.87 Å². The Balaban J connectivity index is 1.83. The normalized spacial score (nSPS) is 12.1. The second-order valence-electron chi connectivity index (χ2n) is 10.9. The van der Waals surface area contributed by atoms with Crippen LogP contribution in [-0.2, 0) is 32.6 Å². The molecular weight excluding hydrogens is 653 g/mol. The Labute approximate surface area is 279 Å². The van der Waals surface area contributed by atoms with E-state index < -0.39 is 28.5 Å². The summed E-state index contributed by atoms with van der Waals surface area (Å²) in [6, 6.07) is 25.8. The Morgan fingerprint density at radius 3 is 2.07 bits per heavy atom. The van der Waals surface area contributed by atoms with Gasteiger partial charge in [-0.1, -0.05) is 89.4 Å². The highest BCUT2D eigenvalue weighted by Crippen LogP contribution is 2.29. The van der Waals surface area contributed by atoms with Crippen LogP contribution in [0.5, 0.6) is 0 Å². The number of amides is 2. The first-order valence-corrected chi connectivity index (χ1v) is 16.9. The van der Waals surface area contributed by atoms with Gasteiger partial charge >= 0.3 is 0 Å². The summed E-state index contributed by atoms with van der Waals surface area (Å²) >= 11 is 18.5. The monoisotopic (exact) mass is 685 g/mol. The third-order valence-corrected chi connectivity index (χ3v) is 9.87. The van der Waals surface area contributed by atoms with Crippen molar-refractivity contribution in [2.75, 3.05) is 10.8 Å². The lowest BCUT2D eigenvalue weighted by molar-refractivity contribution is -0.140. The van der Waals surface area contributed by atoms with Gasteiger partial charge in [-0.25, -0.2) is 8.42 Å². The molecular formula is C34H34Cl3N3O4S. The summed E-state index contributed by atoms with van der Waals surface area (Å²) in [7, 11) is -4.24. The second kappa shape index (κ2) is 15.1. The Bertz CT molecular complexity index is 1750. The van der Waals surface area contributed by atoms with E-state index >= 15 is 0 Å². The fourth-order valence-corrected chi connectivity index (χ4v) is 6.79. The minimum absolute atomic E-state index is 0.0264. The van der Waals surface area contributed by atoms with Crippen LogP contribution in [0.15, 0.2) is 102 Å². The van der Waals surface area contributed by atoms with Crippen LogP contribution in [-0.4, -0.2) is 43.8 Å². The molecule has 0 aliphatic rings. The number of hydrogen-bond acceptors (Lipinski definition) is 4. The number of halogens is 3. The van der Waals surface area contributed by atoms with Crippen molar-refractivity contribution in [1.29, 1.82) is 0 Å². The highest BCUT2D eigenvalue weighted by Gasteiger charge is 2.35. The second-order valence-corrected chi connectivity index (χ2v) is 14.0. The molecule has 1 atom stereocenters. The summed E-state index contributed by atoms with van der Waals surface area (Å²) in [4.78, 5) is 29.7. The van der Waals surface area contributed by atoms with Crippen molar-refractivity contribution in [2.45, 2.75) is 50.7 Å². The van der Waals surface area contributed by atoms with Crippen molar-refractivity contribution in [2.24, 2.45) is 0 Å². The lowest BCUT2D eigenvalue weighted by Gasteiger charge is -2.34. The first kappa shape index (κ1) is 34.3. The van der Waals surface area contributed by atoms with E-state index in [0.29, 0.717) is 31.9 Å². The number of nitrogens with zero attached hydrogens (tertiary/aromatic N) is 2. The molecule has 0 unspecified atom stereocenters. The Morgan fingerprint density at radius 2 is 1.44 bits per heavy atom. The van der Waals surface area contributed by atoms with Gasteiger partial charge in [-0.3, -0.25) is 13.9 Å². The average Bonchev–Trinajstić information content (AvgIpc) is 3.00. The van der Waals surface area contributed by atoms with Gasteiger partial charge in [0.15, 0.2) is 0 Å². The molecule has 0 aliphatic heterocycles. The Kier molecular flexibility index (Phi) is 11.6. The maximum absolute atomic E-state index is 14.5. The fraction of sp³-hybridized carbons (Fsp3) is 0.235. The molecule has 0 spiro atoms. The van der Waals surface area contributed by atoms with Gasteiger partial charge in [0.05, 0.1) is 20.6 Å². The molecule has 0 fully saturated rings. The molecule has 0 radical (unpaired) electrons. The first-order valence-electron chi connectivity index (χ1n) is 14.3. The van der Waals surface area contributed by atoms with Crippen LogP contribution in [0.2, 0.25) is 15.1 Å². The van der Waals surface area contributed by atoms with E-state index in [4.69, 9.17) is 34.8 Å². The molecule has 0 heterocycles. The fourth-order valence-electron chi connectivity index (χ4n) is 4.86. The predicted octanol–water partition coefficient (Wildman–Crippen LogP) is 7.32. The molecule has 0 saturated carbocycles. The predicted molar refractivity (Wildman–Crippen MR) is 181 cm³/mol. The topological polar surface area (TPSA) is 86.8 Å². The van der Waals surface area contributed by atoms with Crippen molar-refractivity contribution < 1.29 is 18.0 Å². The van der Waals surface area contributed by atoms with Gasteiger partial charge in [0.2, 0.25) is 11.8 Å². The molecule has 2 amide bonds. The van der Waals surface area contributed by atoms with Gasteiger partial charge in [0.25, 0.3) is 10.0 Å². The van der Waals surface area contributed by atoms with Crippen molar-refractivity contribution in [1.82, 2.24) is 10.2 Å². The molecule has 11 heteroatoms. The van der Waals surface area contributed by atoms with Crippen molar-refractivity contribution in [3.05, 3.63) is 129 Å². The van der Waals surface area contributed by atoms with Crippen LogP contribution < -0.4 is 9.62 Å². The lowest BCUT2D eigenvalue weighted by atomic mass is 10.0. The zero-order valence-corrected chi connectivity index (χ0v) is 28.2. The van der Waals surface area contributed by atoms with Crippen molar-refractivity contribution in [3.63, 3.8) is 0 Å². The van der Waals surface area contributed by atoms with Crippen LogP contribution in [0.1, 0.15) is 30.5 Å². The van der Waals surface area contributed by atoms with Crippen LogP contribution in [0.4, 0.5) is 5.69 Å². The SMILES string of the molecule is Cc1ccccc1N(CC(=O)N(Cc1ccc(Cl)c(Cl)c1)[C@H](Cc1ccccc1)C(=O)NC(C)C)S(=O)(=O)c1ccc(Cl)cc1. The van der Waals surface area contributed by atoms with Gasteiger partial charge in [-0.2, -0.15) is 0 Å². The van der Waals surface area contributed by atoms with Crippen molar-refractivity contribution >= 4 is 62.3 Å². The summed E-state index contributed by atoms with van der Waals surface area (Å²) in [5, 5.41) is 3.95. The van der Waals surface area contributed by atoms with Crippen LogP contribution in [0.3, 0.4) is 0 Å². The number of sulfonamides is 1. The van der Waals surface area contributed by atoms with Gasteiger partial charge in [-0.05, 0) is 79.9 Å². The molecule has 236 valence electrons. The molecule has 0 saturated heterocycles. The molecule has 0 aliphatic carbocycles. The minimum atomic E-state index is -4.24. The maximum Gasteiger partial charge on any atom is 0.264 e. The Morgan fingerprint density at radius 1 is 0.800 bits per heavy atom. The lowest BCUT2D eigenvalue weighted by Crippen LogP contribution is -2.54. The number of anilines is 1. The van der Waals surface area contributed by atoms with E-state index in [-0.39, 0.29) is 29.8 Å². The van der Waals surface area contributed by atoms with Gasteiger partial charge in [-0.15, -0.1) is 0 Å². The molecule has 4 rings (SSSR count). The summed E-state index contributed by atoms with van der Waals surface area (Å²) in [5.41, 5.74) is 2.44. The third-order valence-electron chi connectivity index (χ3n) is 7.10. The largest absolute Gasteiger partial charge is 0.352 e. The molecule has 4 aromatic carbocycles. The number of nitrogens with one attached hydrogen (secondary N) is 1. The number of carbonyl (C=O) groups excluding carboxylic acids is 2. The first-order chi connectivity index (χ1) is 21.4. The number of aryl methyl sites for hydroxylation is 1. The van der Waals surface area contributed by atoms with Crippen LogP contribution in [0, 0.1) is 6.92 Å². The molecule has 1 N–H and O–H groups in total. The Hall–Kier alpha value is -3.56. The van der Waals surface area contributed by atoms with Crippen LogP contribution >= 0.6 is 34.8 Å². The van der Waals surface area contributed by atoms with E-state index in [2.05, 4.69) is 5.32 Å². The smallest absolute Gasteiger partial charge is 0.264 e. The van der Waals surface area contributed by atoms with Crippen molar-refractivity contribution in [3.8, 4) is 0 Å². The summed E-state index contributed by atoms with van der Waals surface area (Å²) in [5.74, 6) is -0.952. The van der Waals surface area contributed by atoms with E-state index in [1.165, 1.54) is 29.2 Å². The standard InChI is InChI=1S/C34H34Cl3N3O4S/c1-23(2)38-34(42)32(20-25-10-5-4-6-11-25)39(21-26-13-18-29(36)30(37)19-26)33(41)22-40(31-12-8-7-9-24(31)3)45(43,44)28-16-14-27(35)15-17-28/h4-19,23,32H,20-22H2,1-3H3,(H,38,42)/t32-/m1/s1. The van der Waals surface area contributed by atoms with Gasteiger partial charge < -0.3 is 10.2 Å². The highest BCUT2D eigenvalue weighted by atomic mass is 35.5. The summed E-state index contributed by atoms with van der Waals surface area (Å²) in [6.45, 7) is 4.84. The van der Waals surface area contributed by atoms with E-state index in [1.54, 1.807) is 49.4 Å². The number of carbonyl (C=O) groups is 2. The maximum atomic E-state index is 14.5. The number of benzene rings is 4. The highest BCUT2D eigenvalue weighted by molar-refractivity contribution is 7.92. The molecule has 0 aromatic heterocycles. The molecule has 45 heavy (non-hydrogen) atoms. The average molecular weight is 687 g/mol. The number of para-hydroxylation sites is 1. The summed E-state index contributed by atoms with van der Waals surface area (Å²) < 4.78 is 29.4. The van der Waals surface area contributed by atoms with E-state index in [9.17, 15) is 18.0 Å². The van der Waals surface area contributed by atoms with Crippen LogP contribution in [0.25, 0.3) is 0 Å². The van der Waals surface area contributed by atoms with E-state index in [1.807, 2.05) is 44.2 Å². The molecule has 7 nitrogen and oxygen atoms in total. The van der Waals surface area contributed by atoms with Gasteiger partial charge in [0.1, 0.15) is 12.6 Å². The van der Waals surface area contributed by atoms with Gasteiger partial charge in [0, 0.05) is 24.0 Å². The zero-order chi connectivity index (χ0) is 32.7. The third kappa shape index (κ3) is 8.79. The molecule has 0 bridgehead atoms. The zero-order valence-electron chi connectivity index (χ0n) is 25.1. The number of rotatable bonds is 12. The quantitative estimate of drug-likeness (QED) is 0.169. The summed E-state index contributed by atoms with van der Waals surface area (Å²) in [6.07, 6.45) is 0.195. The number of hydrogen-bond donors (Lipinski definition) is 1. The molecule has 4 aromatic rings. The minimum Gasteiger partial charge on any atom is -0.352 e.